The number of rotatable bonds is 6. The molecule has 2 aromatic heterocycles. The van der Waals surface area contributed by atoms with E-state index in [1.165, 1.54) is 16.3 Å². The lowest BCUT2D eigenvalue weighted by Crippen LogP contribution is -2.24. The van der Waals surface area contributed by atoms with E-state index in [1.54, 1.807) is 43.5 Å². The van der Waals surface area contributed by atoms with Gasteiger partial charge in [0.2, 0.25) is 0 Å². The molecule has 4 aromatic rings. The Hall–Kier alpha value is -3.17. The summed E-state index contributed by atoms with van der Waals surface area (Å²) in [6.07, 6.45) is 1.54. The molecule has 0 aliphatic carbocycles. The third-order valence-electron chi connectivity index (χ3n) is 4.39. The monoisotopic (exact) mass is 496 g/mol. The van der Waals surface area contributed by atoms with Crippen molar-refractivity contribution in [3.05, 3.63) is 87.5 Å². The number of halogens is 1. The van der Waals surface area contributed by atoms with Crippen molar-refractivity contribution in [2.75, 3.05) is 5.75 Å². The first-order valence-electron chi connectivity index (χ1n) is 9.30. The second kappa shape index (κ2) is 9.32. The van der Waals surface area contributed by atoms with E-state index in [4.69, 9.17) is 4.42 Å². The summed E-state index contributed by atoms with van der Waals surface area (Å²) in [4.78, 5) is 30.2. The fourth-order valence-corrected chi connectivity index (χ4v) is 3.94. The highest BCUT2D eigenvalue weighted by molar-refractivity contribution is 9.10. The van der Waals surface area contributed by atoms with Gasteiger partial charge in [0.25, 0.3) is 11.5 Å². The Balaban J connectivity index is 1.61. The molecule has 0 bridgehead atoms. The molecule has 0 fully saturated rings. The van der Waals surface area contributed by atoms with Gasteiger partial charge in [-0.05, 0) is 55.5 Å². The first-order chi connectivity index (χ1) is 15.0. The number of amides is 1. The number of hydrazone groups is 1. The molecule has 4 rings (SSSR count). The van der Waals surface area contributed by atoms with Crippen molar-refractivity contribution in [3.8, 4) is 5.69 Å². The fraction of sp³-hybridized carbons (Fsp3) is 0.0909. The Morgan fingerprint density at radius 1 is 1.16 bits per heavy atom. The fourth-order valence-electron chi connectivity index (χ4n) is 2.88. The van der Waals surface area contributed by atoms with Crippen molar-refractivity contribution in [3.63, 3.8) is 0 Å². The number of hydrogen-bond donors (Lipinski definition) is 1. The molecule has 0 radical (unpaired) electrons. The summed E-state index contributed by atoms with van der Waals surface area (Å²) < 4.78 is 7.66. The Morgan fingerprint density at radius 3 is 2.68 bits per heavy atom. The molecule has 0 aliphatic heterocycles. The highest BCUT2D eigenvalue weighted by atomic mass is 79.9. The predicted molar refractivity (Wildman–Crippen MR) is 125 cm³/mol. The van der Waals surface area contributed by atoms with Gasteiger partial charge in [-0.15, -0.1) is 0 Å². The molecule has 0 saturated heterocycles. The van der Waals surface area contributed by atoms with Gasteiger partial charge in [-0.25, -0.2) is 10.4 Å². The van der Waals surface area contributed by atoms with Gasteiger partial charge in [0, 0.05) is 4.47 Å². The van der Waals surface area contributed by atoms with Crippen LogP contribution in [0.1, 0.15) is 12.7 Å². The van der Waals surface area contributed by atoms with Crippen LogP contribution in [0.5, 0.6) is 0 Å². The average Bonchev–Trinajstić information content (AvgIpc) is 3.32. The van der Waals surface area contributed by atoms with Crippen molar-refractivity contribution >= 4 is 50.2 Å². The molecule has 2 heterocycles. The minimum atomic E-state index is -0.319. The summed E-state index contributed by atoms with van der Waals surface area (Å²) in [6.45, 7) is 1.74. The van der Waals surface area contributed by atoms with Crippen molar-refractivity contribution in [1.82, 2.24) is 15.0 Å². The summed E-state index contributed by atoms with van der Waals surface area (Å²) in [5.41, 5.74) is 4.12. The van der Waals surface area contributed by atoms with E-state index in [9.17, 15) is 9.59 Å². The van der Waals surface area contributed by atoms with E-state index in [0.29, 0.717) is 33.2 Å². The number of nitrogens with one attached hydrogen (secondary N) is 1. The van der Waals surface area contributed by atoms with Crippen LogP contribution in [0.15, 0.2) is 90.9 Å². The van der Waals surface area contributed by atoms with Crippen LogP contribution >= 0.6 is 27.7 Å². The normalized spacial score (nSPS) is 11.6. The number of carbonyl (C=O) groups excluding carboxylic acids is 1. The van der Waals surface area contributed by atoms with Crippen LogP contribution in [0.25, 0.3) is 16.6 Å². The molecule has 0 aliphatic rings. The topological polar surface area (TPSA) is 89.5 Å². The second-order valence-electron chi connectivity index (χ2n) is 6.53. The molecular weight excluding hydrogens is 480 g/mol. The molecule has 0 saturated carbocycles. The van der Waals surface area contributed by atoms with Gasteiger partial charge in [0.15, 0.2) is 5.16 Å². The van der Waals surface area contributed by atoms with Crippen LogP contribution < -0.4 is 11.0 Å². The van der Waals surface area contributed by atoms with E-state index in [1.807, 2.05) is 30.3 Å². The highest BCUT2D eigenvalue weighted by Gasteiger charge is 2.15. The van der Waals surface area contributed by atoms with E-state index >= 15 is 0 Å². The van der Waals surface area contributed by atoms with Gasteiger partial charge in [0.05, 0.1) is 28.6 Å². The molecule has 7 nitrogen and oxygen atoms in total. The van der Waals surface area contributed by atoms with Crippen LogP contribution in [-0.4, -0.2) is 26.9 Å². The minimum Gasteiger partial charge on any atom is -0.463 e. The predicted octanol–water partition coefficient (Wildman–Crippen LogP) is 4.37. The van der Waals surface area contributed by atoms with Crippen LogP contribution in [0.4, 0.5) is 0 Å². The number of nitrogens with zero attached hydrogens (tertiary/aromatic N) is 3. The zero-order valence-electron chi connectivity index (χ0n) is 16.4. The summed E-state index contributed by atoms with van der Waals surface area (Å²) in [5, 5.41) is 4.99. The lowest BCUT2D eigenvalue weighted by molar-refractivity contribution is -0.118. The first-order valence-corrected chi connectivity index (χ1v) is 11.1. The summed E-state index contributed by atoms with van der Waals surface area (Å²) in [7, 11) is 0. The van der Waals surface area contributed by atoms with Crippen LogP contribution in [0.3, 0.4) is 0 Å². The van der Waals surface area contributed by atoms with Gasteiger partial charge in [-0.1, -0.05) is 39.8 Å². The summed E-state index contributed by atoms with van der Waals surface area (Å²) in [6, 6.07) is 18.0. The summed E-state index contributed by atoms with van der Waals surface area (Å²) >= 11 is 4.58. The summed E-state index contributed by atoms with van der Waals surface area (Å²) in [5.74, 6) is 0.296. The van der Waals surface area contributed by atoms with Crippen molar-refractivity contribution in [2.45, 2.75) is 12.1 Å². The quantitative estimate of drug-likeness (QED) is 0.185. The molecule has 31 heavy (non-hydrogen) atoms. The second-order valence-corrected chi connectivity index (χ2v) is 8.38. The maximum absolute atomic E-state index is 13.2. The Labute approximate surface area is 190 Å². The molecule has 1 amide bonds. The molecule has 0 unspecified atom stereocenters. The van der Waals surface area contributed by atoms with Gasteiger partial charge < -0.3 is 4.42 Å². The molecule has 1 N–H and O–H groups in total. The highest BCUT2D eigenvalue weighted by Crippen LogP contribution is 2.22. The Kier molecular flexibility index (Phi) is 6.34. The number of furan rings is 1. The zero-order valence-corrected chi connectivity index (χ0v) is 18.8. The van der Waals surface area contributed by atoms with Gasteiger partial charge in [-0.2, -0.15) is 5.10 Å². The molecule has 0 spiro atoms. The molecular formula is C22H17BrN4O3S. The Morgan fingerprint density at radius 2 is 1.94 bits per heavy atom. The SMILES string of the molecule is C/C(=N/NC(=O)CSc1nc2ccccc2c(=O)n1-c1ccc(Br)cc1)c1ccco1. The van der Waals surface area contributed by atoms with Crippen molar-refractivity contribution < 1.29 is 9.21 Å². The van der Waals surface area contributed by atoms with E-state index < -0.39 is 0 Å². The van der Waals surface area contributed by atoms with Crippen molar-refractivity contribution in [1.29, 1.82) is 0 Å². The number of carbonyl (C=O) groups is 1. The Bertz CT molecular complexity index is 1320. The third-order valence-corrected chi connectivity index (χ3v) is 5.86. The largest absolute Gasteiger partial charge is 0.463 e. The van der Waals surface area contributed by atoms with Gasteiger partial charge >= 0.3 is 0 Å². The number of thioether (sulfide) groups is 1. The van der Waals surface area contributed by atoms with Gasteiger partial charge in [-0.3, -0.25) is 14.2 Å². The van der Waals surface area contributed by atoms with Crippen LogP contribution in [0, 0.1) is 0 Å². The zero-order chi connectivity index (χ0) is 21.8. The molecule has 0 atom stereocenters. The maximum atomic E-state index is 13.2. The lowest BCUT2D eigenvalue weighted by atomic mass is 10.2. The number of benzene rings is 2. The first kappa shape index (κ1) is 21.1. The molecule has 156 valence electrons. The lowest BCUT2D eigenvalue weighted by Gasteiger charge is -2.13. The number of para-hydroxylation sites is 1. The molecule has 9 heteroatoms. The minimum absolute atomic E-state index is 0.0379. The van der Waals surface area contributed by atoms with E-state index in [-0.39, 0.29) is 17.2 Å². The van der Waals surface area contributed by atoms with Gasteiger partial charge in [0.1, 0.15) is 11.5 Å². The standard InChI is InChI=1S/C22H17BrN4O3S/c1-14(19-7-4-12-30-19)25-26-20(28)13-31-22-24-18-6-3-2-5-17(18)21(29)27(22)16-10-8-15(23)9-11-16/h2-12H,13H2,1H3,(H,26,28)/b25-14-. The van der Waals surface area contributed by atoms with Crippen LogP contribution in [0.2, 0.25) is 0 Å². The average molecular weight is 497 g/mol. The van der Waals surface area contributed by atoms with Crippen LogP contribution in [-0.2, 0) is 4.79 Å². The molecule has 2 aromatic carbocycles. The van der Waals surface area contributed by atoms with Crippen molar-refractivity contribution in [2.24, 2.45) is 5.10 Å². The number of hydrogen-bond acceptors (Lipinski definition) is 6. The maximum Gasteiger partial charge on any atom is 0.266 e. The van der Waals surface area contributed by atoms with E-state index in [0.717, 1.165) is 4.47 Å². The number of fused-ring (bicyclic) bond motifs is 1. The number of aromatic nitrogens is 2. The van der Waals surface area contributed by atoms with E-state index in [2.05, 4.69) is 31.4 Å². The third kappa shape index (κ3) is 4.78. The smallest absolute Gasteiger partial charge is 0.266 e.